The Balaban J connectivity index is 2.58. The van der Waals surface area contributed by atoms with Gasteiger partial charge in [-0.3, -0.25) is 4.79 Å². The van der Waals surface area contributed by atoms with Crippen LogP contribution in [0.2, 0.25) is 0 Å². The molecule has 4 heteroatoms. The minimum absolute atomic E-state index is 0.114. The highest BCUT2D eigenvalue weighted by Gasteiger charge is 2.54. The second kappa shape index (κ2) is 6.53. The summed E-state index contributed by atoms with van der Waals surface area (Å²) in [6.45, 7) is 5.31. The molecule has 0 unspecified atom stereocenters. The summed E-state index contributed by atoms with van der Waals surface area (Å²) in [4.78, 5) is 13.6. The Morgan fingerprint density at radius 3 is 2.50 bits per heavy atom. The summed E-state index contributed by atoms with van der Waals surface area (Å²) in [6, 6.07) is 0.544. The van der Waals surface area contributed by atoms with Gasteiger partial charge in [0, 0.05) is 38.6 Å². The fraction of sp³-hybridized carbons (Fsp3) is 0.929. The van der Waals surface area contributed by atoms with E-state index < -0.39 is 0 Å². The minimum Gasteiger partial charge on any atom is -0.381 e. The maximum absolute atomic E-state index is 11.3. The van der Waals surface area contributed by atoms with Gasteiger partial charge >= 0.3 is 0 Å². The molecule has 0 bridgehead atoms. The molecule has 0 saturated heterocycles. The van der Waals surface area contributed by atoms with Gasteiger partial charge in [0.1, 0.15) is 0 Å². The monoisotopic (exact) mass is 256 g/mol. The van der Waals surface area contributed by atoms with Gasteiger partial charge in [-0.1, -0.05) is 13.8 Å². The van der Waals surface area contributed by atoms with Gasteiger partial charge in [0.25, 0.3) is 0 Å². The average molecular weight is 256 g/mol. The van der Waals surface area contributed by atoms with Crippen molar-refractivity contribution in [1.29, 1.82) is 0 Å². The quantitative estimate of drug-likeness (QED) is 0.753. The largest absolute Gasteiger partial charge is 0.381 e. The number of carbonyl (C=O) groups excluding carboxylic acids is 1. The molecule has 1 amide bonds. The first kappa shape index (κ1) is 15.4. The van der Waals surface area contributed by atoms with Crippen LogP contribution in [0.5, 0.6) is 0 Å². The summed E-state index contributed by atoms with van der Waals surface area (Å²) in [5.41, 5.74) is 0.270. The van der Waals surface area contributed by atoms with E-state index in [1.165, 1.54) is 0 Å². The number of hydrogen-bond acceptors (Lipinski definition) is 3. The molecule has 0 aromatic carbocycles. The van der Waals surface area contributed by atoms with E-state index in [0.29, 0.717) is 18.6 Å². The molecule has 1 aliphatic rings. The average Bonchev–Trinajstić information content (AvgIpc) is 2.37. The van der Waals surface area contributed by atoms with E-state index in [0.717, 1.165) is 25.8 Å². The highest BCUT2D eigenvalue weighted by molar-refractivity contribution is 5.75. The molecule has 1 saturated carbocycles. The Labute approximate surface area is 111 Å². The fourth-order valence-electron chi connectivity index (χ4n) is 3.41. The van der Waals surface area contributed by atoms with Gasteiger partial charge in [-0.15, -0.1) is 0 Å². The maximum Gasteiger partial charge on any atom is 0.221 e. The van der Waals surface area contributed by atoms with Crippen molar-refractivity contribution < 1.29 is 9.53 Å². The summed E-state index contributed by atoms with van der Waals surface area (Å²) in [5, 5.41) is 2.67. The van der Waals surface area contributed by atoms with Crippen LogP contribution in [0.4, 0.5) is 0 Å². The maximum atomic E-state index is 11.3. The van der Waals surface area contributed by atoms with Crippen molar-refractivity contribution in [2.75, 3.05) is 27.7 Å². The normalized spacial score (nSPS) is 25.9. The highest BCUT2D eigenvalue weighted by Crippen LogP contribution is 2.50. The van der Waals surface area contributed by atoms with Crippen LogP contribution in [0.15, 0.2) is 0 Å². The number of nitrogens with zero attached hydrogens (tertiary/aromatic N) is 1. The first-order chi connectivity index (χ1) is 8.55. The van der Waals surface area contributed by atoms with Crippen LogP contribution in [0, 0.1) is 5.41 Å². The van der Waals surface area contributed by atoms with Crippen LogP contribution in [0.25, 0.3) is 0 Å². The second-order valence-corrected chi connectivity index (χ2v) is 5.32. The van der Waals surface area contributed by atoms with Gasteiger partial charge in [0.05, 0.1) is 6.10 Å². The van der Waals surface area contributed by atoms with E-state index in [-0.39, 0.29) is 11.3 Å². The molecule has 1 aliphatic carbocycles. The van der Waals surface area contributed by atoms with Crippen molar-refractivity contribution >= 4 is 5.91 Å². The predicted molar refractivity (Wildman–Crippen MR) is 73.5 cm³/mol. The van der Waals surface area contributed by atoms with E-state index in [9.17, 15) is 4.79 Å². The lowest BCUT2D eigenvalue weighted by Gasteiger charge is -2.58. The second-order valence-electron chi connectivity index (χ2n) is 5.32. The third-order valence-electron chi connectivity index (χ3n) is 4.85. The van der Waals surface area contributed by atoms with Crippen molar-refractivity contribution in [3.05, 3.63) is 0 Å². The molecule has 1 rings (SSSR count). The van der Waals surface area contributed by atoms with Crippen molar-refractivity contribution in [1.82, 2.24) is 10.2 Å². The molecule has 2 atom stereocenters. The summed E-state index contributed by atoms with van der Waals surface area (Å²) in [7, 11) is 5.63. The molecule has 0 aromatic rings. The van der Waals surface area contributed by atoms with Gasteiger partial charge in [0.15, 0.2) is 0 Å². The molecule has 1 N–H and O–H groups in total. The molecule has 4 nitrogen and oxygen atoms in total. The molecule has 0 aliphatic heterocycles. The first-order valence-electron chi connectivity index (χ1n) is 6.99. The van der Waals surface area contributed by atoms with E-state index in [1.807, 2.05) is 7.11 Å². The van der Waals surface area contributed by atoms with Crippen LogP contribution in [0.1, 0.15) is 39.5 Å². The number of methoxy groups -OCH3 is 1. The van der Waals surface area contributed by atoms with Gasteiger partial charge in [-0.2, -0.15) is 0 Å². The Kier molecular flexibility index (Phi) is 5.60. The van der Waals surface area contributed by atoms with E-state index in [4.69, 9.17) is 4.74 Å². The van der Waals surface area contributed by atoms with Crippen LogP contribution < -0.4 is 5.32 Å². The molecule has 0 heterocycles. The third kappa shape index (κ3) is 2.69. The van der Waals surface area contributed by atoms with E-state index in [2.05, 4.69) is 31.1 Å². The number of carbonyl (C=O) groups is 1. The van der Waals surface area contributed by atoms with Crippen molar-refractivity contribution in [2.24, 2.45) is 5.41 Å². The molecule has 0 aromatic heterocycles. The summed E-state index contributed by atoms with van der Waals surface area (Å²) >= 11 is 0. The molecule has 0 spiro atoms. The molecular formula is C14H28N2O2. The summed E-state index contributed by atoms with van der Waals surface area (Å²) in [5.74, 6) is 0.114. The van der Waals surface area contributed by atoms with Crippen molar-refractivity contribution in [3.8, 4) is 0 Å². The van der Waals surface area contributed by atoms with Gasteiger partial charge in [-0.05, 0) is 26.3 Å². The number of rotatable bonds is 7. The molecule has 0 radical (unpaired) electrons. The molecule has 1 fully saturated rings. The lowest BCUT2D eigenvalue weighted by atomic mass is 9.58. The van der Waals surface area contributed by atoms with Crippen LogP contribution in [-0.2, 0) is 9.53 Å². The molecular weight excluding hydrogens is 228 g/mol. The van der Waals surface area contributed by atoms with Gasteiger partial charge in [-0.25, -0.2) is 0 Å². The standard InChI is InChI=1S/C14H28N2O2/c1-6-14(7-2)11(10-12(14)18-5)16(4)9-8-13(17)15-3/h11-12H,6-10H2,1-5H3,(H,15,17)/t11-,12-/m1/s1. The lowest BCUT2D eigenvalue weighted by Crippen LogP contribution is -2.63. The number of hydrogen-bond donors (Lipinski definition) is 1. The first-order valence-corrected chi connectivity index (χ1v) is 6.99. The zero-order valence-corrected chi connectivity index (χ0v) is 12.5. The minimum atomic E-state index is 0.114. The smallest absolute Gasteiger partial charge is 0.221 e. The topological polar surface area (TPSA) is 41.6 Å². The van der Waals surface area contributed by atoms with E-state index in [1.54, 1.807) is 7.05 Å². The number of ether oxygens (including phenoxy) is 1. The number of amides is 1. The predicted octanol–water partition coefficient (Wildman–Crippen LogP) is 1.65. The Hall–Kier alpha value is -0.610. The molecule has 18 heavy (non-hydrogen) atoms. The van der Waals surface area contributed by atoms with Crippen LogP contribution >= 0.6 is 0 Å². The van der Waals surface area contributed by atoms with Gasteiger partial charge in [0.2, 0.25) is 5.91 Å². The zero-order valence-electron chi connectivity index (χ0n) is 12.5. The molecule has 106 valence electrons. The van der Waals surface area contributed by atoms with Crippen LogP contribution in [0.3, 0.4) is 0 Å². The zero-order chi connectivity index (χ0) is 13.8. The Morgan fingerprint density at radius 2 is 2.06 bits per heavy atom. The van der Waals surface area contributed by atoms with Crippen molar-refractivity contribution in [2.45, 2.75) is 51.7 Å². The summed E-state index contributed by atoms with van der Waals surface area (Å²) in [6.07, 6.45) is 4.31. The lowest BCUT2D eigenvalue weighted by molar-refractivity contribution is -0.157. The highest BCUT2D eigenvalue weighted by atomic mass is 16.5. The summed E-state index contributed by atoms with van der Waals surface area (Å²) < 4.78 is 5.61. The SMILES string of the molecule is CCC1(CC)[C@H](OC)C[C@H]1N(C)CCC(=O)NC. The van der Waals surface area contributed by atoms with Gasteiger partial charge < -0.3 is 15.0 Å². The Bertz CT molecular complexity index is 277. The number of nitrogens with one attached hydrogen (secondary N) is 1. The van der Waals surface area contributed by atoms with E-state index >= 15 is 0 Å². The fourth-order valence-corrected chi connectivity index (χ4v) is 3.41. The third-order valence-corrected chi connectivity index (χ3v) is 4.85. The Morgan fingerprint density at radius 1 is 1.44 bits per heavy atom. The van der Waals surface area contributed by atoms with Crippen molar-refractivity contribution in [3.63, 3.8) is 0 Å². The van der Waals surface area contributed by atoms with Crippen LogP contribution in [-0.4, -0.2) is 50.7 Å².